The number of aliphatic imine (C=N–C) groups is 1. The minimum Gasteiger partial charge on any atom is -0.385 e. The van der Waals surface area contributed by atoms with Gasteiger partial charge in [-0.05, 0) is 27.4 Å². The maximum Gasteiger partial charge on any atom is 0.191 e. The lowest BCUT2D eigenvalue weighted by Crippen LogP contribution is -2.41. The fourth-order valence-electron chi connectivity index (χ4n) is 1.99. The van der Waals surface area contributed by atoms with Crippen molar-refractivity contribution in [2.45, 2.75) is 13.3 Å². The summed E-state index contributed by atoms with van der Waals surface area (Å²) in [5, 5.41) is 6.66. The smallest absolute Gasteiger partial charge is 0.191 e. The first-order valence-corrected chi connectivity index (χ1v) is 8.51. The standard InChI is InChI=1S/C16H37N5O2/c1-6-17-16(19-9-12-21(3)13-15-23-5)18-8-11-20(2)10-7-14-22-4/h6-15H2,1-5H3,(H2,17,18,19). The molecule has 0 aliphatic carbocycles. The summed E-state index contributed by atoms with van der Waals surface area (Å²) in [5.74, 6) is 0.887. The summed E-state index contributed by atoms with van der Waals surface area (Å²) >= 11 is 0. The zero-order chi connectivity index (χ0) is 17.3. The van der Waals surface area contributed by atoms with Crippen molar-refractivity contribution in [3.8, 4) is 0 Å². The molecular formula is C16H37N5O2. The van der Waals surface area contributed by atoms with Gasteiger partial charge < -0.3 is 29.9 Å². The molecule has 2 N–H and O–H groups in total. The van der Waals surface area contributed by atoms with E-state index in [1.807, 2.05) is 0 Å². The van der Waals surface area contributed by atoms with Gasteiger partial charge in [-0.3, -0.25) is 4.99 Å². The van der Waals surface area contributed by atoms with Crippen LogP contribution in [0.2, 0.25) is 0 Å². The summed E-state index contributed by atoms with van der Waals surface area (Å²) in [6, 6.07) is 0. The quantitative estimate of drug-likeness (QED) is 0.267. The molecule has 23 heavy (non-hydrogen) atoms. The molecule has 0 saturated heterocycles. The van der Waals surface area contributed by atoms with Crippen molar-refractivity contribution in [1.82, 2.24) is 20.4 Å². The summed E-state index contributed by atoms with van der Waals surface area (Å²) in [6.07, 6.45) is 1.06. The van der Waals surface area contributed by atoms with E-state index in [9.17, 15) is 0 Å². The molecule has 0 fully saturated rings. The topological polar surface area (TPSA) is 61.4 Å². The molecule has 0 bridgehead atoms. The Hall–Kier alpha value is -0.890. The highest BCUT2D eigenvalue weighted by molar-refractivity contribution is 5.79. The Labute approximate surface area is 142 Å². The lowest BCUT2D eigenvalue weighted by Gasteiger charge is -2.18. The third-order valence-corrected chi connectivity index (χ3v) is 3.45. The largest absolute Gasteiger partial charge is 0.385 e. The van der Waals surface area contributed by atoms with Gasteiger partial charge in [-0.25, -0.2) is 0 Å². The van der Waals surface area contributed by atoms with Crippen LogP contribution in [0.4, 0.5) is 0 Å². The first-order valence-electron chi connectivity index (χ1n) is 8.51. The molecule has 0 rings (SSSR count). The molecule has 0 aromatic carbocycles. The Morgan fingerprint density at radius 2 is 1.61 bits per heavy atom. The average Bonchev–Trinajstić information content (AvgIpc) is 2.53. The van der Waals surface area contributed by atoms with Crippen molar-refractivity contribution < 1.29 is 9.47 Å². The normalized spacial score (nSPS) is 12.2. The molecule has 0 amide bonds. The van der Waals surface area contributed by atoms with Gasteiger partial charge in [0.15, 0.2) is 5.96 Å². The van der Waals surface area contributed by atoms with E-state index < -0.39 is 0 Å². The van der Waals surface area contributed by atoms with Crippen LogP contribution in [0.3, 0.4) is 0 Å². The van der Waals surface area contributed by atoms with Gasteiger partial charge in [0.1, 0.15) is 0 Å². The van der Waals surface area contributed by atoms with Crippen molar-refractivity contribution in [2.24, 2.45) is 4.99 Å². The molecular weight excluding hydrogens is 294 g/mol. The summed E-state index contributed by atoms with van der Waals surface area (Å²) < 4.78 is 10.1. The van der Waals surface area contributed by atoms with Gasteiger partial charge in [0.05, 0.1) is 13.2 Å². The SMILES string of the molecule is CCNC(=NCCN(C)CCOC)NCCN(C)CCCOC. The summed E-state index contributed by atoms with van der Waals surface area (Å²) in [4.78, 5) is 9.13. The van der Waals surface area contributed by atoms with Crippen LogP contribution in [0, 0.1) is 0 Å². The third kappa shape index (κ3) is 14.4. The second-order valence-corrected chi connectivity index (χ2v) is 5.63. The van der Waals surface area contributed by atoms with Gasteiger partial charge in [0, 0.05) is 60.1 Å². The van der Waals surface area contributed by atoms with Gasteiger partial charge in [-0.2, -0.15) is 0 Å². The first kappa shape index (κ1) is 22.1. The number of nitrogens with zero attached hydrogens (tertiary/aromatic N) is 3. The third-order valence-electron chi connectivity index (χ3n) is 3.45. The molecule has 0 aromatic rings. The van der Waals surface area contributed by atoms with E-state index in [1.165, 1.54) is 0 Å². The molecule has 0 radical (unpaired) electrons. The second kappa shape index (κ2) is 16.0. The van der Waals surface area contributed by atoms with E-state index in [-0.39, 0.29) is 0 Å². The van der Waals surface area contributed by atoms with Gasteiger partial charge >= 0.3 is 0 Å². The lowest BCUT2D eigenvalue weighted by molar-refractivity contribution is 0.163. The molecule has 0 spiro atoms. The number of hydrogen-bond acceptors (Lipinski definition) is 5. The number of rotatable bonds is 14. The molecule has 0 aromatic heterocycles. The maximum absolute atomic E-state index is 5.07. The number of guanidine groups is 1. The van der Waals surface area contributed by atoms with Crippen LogP contribution >= 0.6 is 0 Å². The first-order chi connectivity index (χ1) is 11.1. The predicted octanol–water partition coefficient (Wildman–Crippen LogP) is 0.0880. The highest BCUT2D eigenvalue weighted by atomic mass is 16.5. The number of ether oxygens (including phenoxy) is 2. The van der Waals surface area contributed by atoms with Crippen LogP contribution in [0.1, 0.15) is 13.3 Å². The number of likely N-dealkylation sites (N-methyl/N-ethyl adjacent to an activating group) is 2. The van der Waals surface area contributed by atoms with Gasteiger partial charge in [0.25, 0.3) is 0 Å². The monoisotopic (exact) mass is 331 g/mol. The fourth-order valence-corrected chi connectivity index (χ4v) is 1.99. The van der Waals surface area contributed by atoms with Crippen molar-refractivity contribution in [3.05, 3.63) is 0 Å². The molecule has 0 aliphatic rings. The highest BCUT2D eigenvalue weighted by Gasteiger charge is 2.01. The van der Waals surface area contributed by atoms with Crippen molar-refractivity contribution in [2.75, 3.05) is 87.3 Å². The number of methoxy groups -OCH3 is 2. The molecule has 0 atom stereocenters. The summed E-state index contributed by atoms with van der Waals surface area (Å²) in [6.45, 7) is 10.1. The van der Waals surface area contributed by atoms with E-state index in [0.29, 0.717) is 0 Å². The minimum absolute atomic E-state index is 0.758. The van der Waals surface area contributed by atoms with E-state index in [4.69, 9.17) is 9.47 Å². The maximum atomic E-state index is 5.07. The Kier molecular flexibility index (Phi) is 15.4. The average molecular weight is 332 g/mol. The van der Waals surface area contributed by atoms with Crippen LogP contribution in [0.15, 0.2) is 4.99 Å². The molecule has 0 heterocycles. The molecule has 0 unspecified atom stereocenters. The zero-order valence-electron chi connectivity index (χ0n) is 15.7. The number of nitrogens with one attached hydrogen (secondary N) is 2. The predicted molar refractivity (Wildman–Crippen MR) is 97.3 cm³/mol. The fraction of sp³-hybridized carbons (Fsp3) is 0.938. The molecule has 138 valence electrons. The van der Waals surface area contributed by atoms with Gasteiger partial charge in [-0.1, -0.05) is 0 Å². The van der Waals surface area contributed by atoms with Crippen molar-refractivity contribution in [1.29, 1.82) is 0 Å². The molecule has 0 saturated carbocycles. The van der Waals surface area contributed by atoms with E-state index in [1.54, 1.807) is 14.2 Å². The Balaban J connectivity index is 3.93. The Morgan fingerprint density at radius 3 is 2.26 bits per heavy atom. The van der Waals surface area contributed by atoms with E-state index >= 15 is 0 Å². The zero-order valence-corrected chi connectivity index (χ0v) is 15.7. The molecule has 7 heteroatoms. The van der Waals surface area contributed by atoms with E-state index in [2.05, 4.69) is 46.4 Å². The lowest BCUT2D eigenvalue weighted by atomic mass is 10.4. The van der Waals surface area contributed by atoms with Crippen LogP contribution in [0.5, 0.6) is 0 Å². The van der Waals surface area contributed by atoms with Crippen LogP contribution < -0.4 is 10.6 Å². The second-order valence-electron chi connectivity index (χ2n) is 5.63. The minimum atomic E-state index is 0.758. The Bertz CT molecular complexity index is 290. The van der Waals surface area contributed by atoms with E-state index in [0.717, 1.165) is 71.4 Å². The van der Waals surface area contributed by atoms with Crippen molar-refractivity contribution >= 4 is 5.96 Å². The summed E-state index contributed by atoms with van der Waals surface area (Å²) in [5.41, 5.74) is 0. The highest BCUT2D eigenvalue weighted by Crippen LogP contribution is 1.87. The van der Waals surface area contributed by atoms with Crippen LogP contribution in [0.25, 0.3) is 0 Å². The molecule has 7 nitrogen and oxygen atoms in total. The van der Waals surface area contributed by atoms with Gasteiger partial charge in [0.2, 0.25) is 0 Å². The molecule has 0 aliphatic heterocycles. The number of hydrogen-bond donors (Lipinski definition) is 2. The van der Waals surface area contributed by atoms with Crippen LogP contribution in [-0.4, -0.2) is 103 Å². The Morgan fingerprint density at radius 1 is 0.913 bits per heavy atom. The summed E-state index contributed by atoms with van der Waals surface area (Å²) in [7, 11) is 7.69. The van der Waals surface area contributed by atoms with Crippen LogP contribution in [-0.2, 0) is 9.47 Å². The van der Waals surface area contributed by atoms with Crippen molar-refractivity contribution in [3.63, 3.8) is 0 Å². The van der Waals surface area contributed by atoms with Gasteiger partial charge in [-0.15, -0.1) is 0 Å².